The normalized spacial score (nSPS) is 10.5. The minimum Gasteiger partial charge on any atom is -0.399 e. The maximum atomic E-state index is 12.1. The van der Waals surface area contributed by atoms with Gasteiger partial charge in [-0.25, -0.2) is 0 Å². The number of anilines is 1. The number of aryl methyl sites for hydroxylation is 1. The minimum atomic E-state index is -0.126. The highest BCUT2D eigenvalue weighted by Crippen LogP contribution is 2.19. The Morgan fingerprint density at radius 2 is 2.18 bits per heavy atom. The Balaban J connectivity index is 2.36. The van der Waals surface area contributed by atoms with Crippen molar-refractivity contribution < 1.29 is 4.79 Å². The summed E-state index contributed by atoms with van der Waals surface area (Å²) in [6, 6.07) is 4.81. The van der Waals surface area contributed by atoms with Gasteiger partial charge in [0.2, 0.25) is 0 Å². The molecule has 0 amide bonds. The lowest BCUT2D eigenvalue weighted by Gasteiger charge is -2.01. The first-order valence-electron chi connectivity index (χ1n) is 5.23. The van der Waals surface area contributed by atoms with Crippen molar-refractivity contribution in [2.75, 3.05) is 5.73 Å². The zero-order valence-corrected chi connectivity index (χ0v) is 10.1. The minimum absolute atomic E-state index is 0.126. The Morgan fingerprint density at radius 1 is 1.41 bits per heavy atom. The van der Waals surface area contributed by atoms with Gasteiger partial charge in [-0.2, -0.15) is 5.10 Å². The largest absolute Gasteiger partial charge is 0.399 e. The van der Waals surface area contributed by atoms with Gasteiger partial charge in [-0.1, -0.05) is 11.6 Å². The summed E-state index contributed by atoms with van der Waals surface area (Å²) < 4.78 is 1.70. The summed E-state index contributed by atoms with van der Waals surface area (Å²) in [5.41, 5.74) is 7.14. The molecule has 0 spiro atoms. The van der Waals surface area contributed by atoms with E-state index in [2.05, 4.69) is 5.10 Å². The van der Waals surface area contributed by atoms with Crippen molar-refractivity contribution in [3.8, 4) is 0 Å². The molecule has 0 atom stereocenters. The van der Waals surface area contributed by atoms with Crippen LogP contribution in [0.2, 0.25) is 5.02 Å². The molecule has 5 heteroatoms. The average Bonchev–Trinajstić information content (AvgIpc) is 2.75. The number of nitrogens with two attached hydrogens (primary N) is 1. The van der Waals surface area contributed by atoms with Gasteiger partial charge in [0, 0.05) is 29.0 Å². The summed E-state index contributed by atoms with van der Waals surface area (Å²) in [6.45, 7) is 2.68. The van der Waals surface area contributed by atoms with E-state index < -0.39 is 0 Å². The van der Waals surface area contributed by atoms with Gasteiger partial charge < -0.3 is 5.73 Å². The number of rotatable bonds is 3. The predicted molar refractivity (Wildman–Crippen MR) is 67.2 cm³/mol. The van der Waals surface area contributed by atoms with Crippen LogP contribution < -0.4 is 5.73 Å². The summed E-state index contributed by atoms with van der Waals surface area (Å²) >= 11 is 5.86. The fraction of sp³-hybridized carbons (Fsp3) is 0.167. The van der Waals surface area contributed by atoms with Gasteiger partial charge in [0.1, 0.15) is 0 Å². The van der Waals surface area contributed by atoms with Crippen LogP contribution >= 0.6 is 11.6 Å². The lowest BCUT2D eigenvalue weighted by molar-refractivity contribution is 0.103. The molecule has 0 saturated heterocycles. The van der Waals surface area contributed by atoms with E-state index in [1.807, 2.05) is 6.92 Å². The van der Waals surface area contributed by atoms with E-state index in [1.54, 1.807) is 35.3 Å². The number of benzene rings is 1. The van der Waals surface area contributed by atoms with Gasteiger partial charge in [0.05, 0.1) is 11.8 Å². The molecule has 0 aliphatic rings. The highest BCUT2D eigenvalue weighted by atomic mass is 35.5. The maximum Gasteiger partial charge on any atom is 0.196 e. The molecule has 1 aromatic carbocycles. The smallest absolute Gasteiger partial charge is 0.196 e. The number of nitrogen functional groups attached to an aromatic ring is 1. The molecule has 88 valence electrons. The number of ketones is 1. The van der Waals surface area contributed by atoms with E-state index in [1.165, 1.54) is 0 Å². The highest BCUT2D eigenvalue weighted by Gasteiger charge is 2.12. The highest BCUT2D eigenvalue weighted by molar-refractivity contribution is 6.31. The van der Waals surface area contributed by atoms with Crippen molar-refractivity contribution in [3.05, 3.63) is 46.7 Å². The summed E-state index contributed by atoms with van der Waals surface area (Å²) in [5.74, 6) is -0.126. The third-order valence-electron chi connectivity index (χ3n) is 2.40. The SMILES string of the molecule is CCn1cc(C(=O)c2cc(N)cc(Cl)c2)cn1. The molecule has 0 unspecified atom stereocenters. The summed E-state index contributed by atoms with van der Waals surface area (Å²) in [4.78, 5) is 12.1. The number of hydrogen-bond donors (Lipinski definition) is 1. The van der Waals surface area contributed by atoms with Crippen molar-refractivity contribution in [1.82, 2.24) is 9.78 Å². The fourth-order valence-electron chi connectivity index (χ4n) is 1.56. The lowest BCUT2D eigenvalue weighted by Crippen LogP contribution is -2.01. The molecule has 0 fully saturated rings. The molecular formula is C12H12ClN3O. The Kier molecular flexibility index (Phi) is 3.15. The van der Waals surface area contributed by atoms with Crippen LogP contribution in [0.5, 0.6) is 0 Å². The second-order valence-electron chi connectivity index (χ2n) is 3.69. The van der Waals surface area contributed by atoms with Crippen LogP contribution in [0.1, 0.15) is 22.8 Å². The second-order valence-corrected chi connectivity index (χ2v) is 4.12. The van der Waals surface area contributed by atoms with Gasteiger partial charge in [0.25, 0.3) is 0 Å². The van der Waals surface area contributed by atoms with Crippen molar-refractivity contribution in [2.24, 2.45) is 0 Å². The summed E-state index contributed by atoms with van der Waals surface area (Å²) in [5, 5.41) is 4.51. The molecule has 4 nitrogen and oxygen atoms in total. The van der Waals surface area contributed by atoms with Gasteiger partial charge >= 0.3 is 0 Å². The quantitative estimate of drug-likeness (QED) is 0.671. The predicted octanol–water partition coefficient (Wildman–Crippen LogP) is 2.37. The monoisotopic (exact) mass is 249 g/mol. The average molecular weight is 250 g/mol. The van der Waals surface area contributed by atoms with E-state index in [9.17, 15) is 4.79 Å². The van der Waals surface area contributed by atoms with E-state index in [0.717, 1.165) is 6.54 Å². The standard InChI is InChI=1S/C12H12ClN3O/c1-2-16-7-9(6-15-16)12(17)8-3-10(13)5-11(14)4-8/h3-7H,2,14H2,1H3. The number of hydrogen-bond acceptors (Lipinski definition) is 3. The molecular weight excluding hydrogens is 238 g/mol. The van der Waals surface area contributed by atoms with Crippen molar-refractivity contribution in [1.29, 1.82) is 0 Å². The first kappa shape index (κ1) is 11.7. The first-order valence-corrected chi connectivity index (χ1v) is 5.61. The zero-order valence-electron chi connectivity index (χ0n) is 9.35. The molecule has 0 radical (unpaired) electrons. The van der Waals surface area contributed by atoms with Crippen molar-refractivity contribution in [3.63, 3.8) is 0 Å². The second kappa shape index (κ2) is 4.59. The third-order valence-corrected chi connectivity index (χ3v) is 2.62. The van der Waals surface area contributed by atoms with Crippen molar-refractivity contribution in [2.45, 2.75) is 13.5 Å². The molecule has 1 heterocycles. The molecule has 1 aromatic heterocycles. The van der Waals surface area contributed by atoms with Crippen LogP contribution in [0.15, 0.2) is 30.6 Å². The summed E-state index contributed by atoms with van der Waals surface area (Å²) in [7, 11) is 0. The topological polar surface area (TPSA) is 60.9 Å². The Labute approximate surface area is 104 Å². The Hall–Kier alpha value is -1.81. The Morgan fingerprint density at radius 3 is 2.76 bits per heavy atom. The molecule has 2 N–H and O–H groups in total. The van der Waals surface area contributed by atoms with E-state index in [0.29, 0.717) is 21.8 Å². The van der Waals surface area contributed by atoms with Crippen LogP contribution in [-0.4, -0.2) is 15.6 Å². The third kappa shape index (κ3) is 2.47. The van der Waals surface area contributed by atoms with Crippen LogP contribution in [0.4, 0.5) is 5.69 Å². The first-order chi connectivity index (χ1) is 8.10. The van der Waals surface area contributed by atoms with Crippen LogP contribution in [-0.2, 0) is 6.54 Å². The van der Waals surface area contributed by atoms with Gasteiger partial charge in [-0.3, -0.25) is 9.48 Å². The molecule has 0 aliphatic heterocycles. The molecule has 0 bridgehead atoms. The van der Waals surface area contributed by atoms with Gasteiger partial charge in [-0.15, -0.1) is 0 Å². The van der Waals surface area contributed by atoms with E-state index in [-0.39, 0.29) is 5.78 Å². The van der Waals surface area contributed by atoms with E-state index in [4.69, 9.17) is 17.3 Å². The number of nitrogens with zero attached hydrogens (tertiary/aromatic N) is 2. The lowest BCUT2D eigenvalue weighted by atomic mass is 10.1. The van der Waals surface area contributed by atoms with E-state index >= 15 is 0 Å². The number of halogens is 1. The molecule has 0 aliphatic carbocycles. The van der Waals surface area contributed by atoms with Crippen LogP contribution in [0.3, 0.4) is 0 Å². The van der Waals surface area contributed by atoms with Crippen LogP contribution in [0, 0.1) is 0 Å². The van der Waals surface area contributed by atoms with Crippen molar-refractivity contribution >= 4 is 23.1 Å². The van der Waals surface area contributed by atoms with Gasteiger partial charge in [0.15, 0.2) is 5.78 Å². The van der Waals surface area contributed by atoms with Gasteiger partial charge in [-0.05, 0) is 25.1 Å². The van der Waals surface area contributed by atoms with Crippen LogP contribution in [0.25, 0.3) is 0 Å². The fourth-order valence-corrected chi connectivity index (χ4v) is 1.81. The molecule has 2 aromatic rings. The zero-order chi connectivity index (χ0) is 12.4. The summed E-state index contributed by atoms with van der Waals surface area (Å²) in [6.07, 6.45) is 3.25. The number of carbonyl (C=O) groups excluding carboxylic acids is 1. The Bertz CT molecular complexity index is 542. The maximum absolute atomic E-state index is 12.1. The molecule has 0 saturated carbocycles. The molecule has 2 rings (SSSR count). The number of carbonyl (C=O) groups is 1. The molecule has 17 heavy (non-hydrogen) atoms. The number of aromatic nitrogens is 2.